The van der Waals surface area contributed by atoms with Crippen LogP contribution >= 0.6 is 0 Å². The van der Waals surface area contributed by atoms with Crippen LogP contribution in [-0.4, -0.2) is 35.8 Å². The zero-order chi connectivity index (χ0) is 15.2. The van der Waals surface area contributed by atoms with E-state index in [-0.39, 0.29) is 11.8 Å². The smallest absolute Gasteiger partial charge is 0.253 e. The van der Waals surface area contributed by atoms with Crippen LogP contribution in [0.3, 0.4) is 0 Å². The van der Waals surface area contributed by atoms with Crippen LogP contribution < -0.4 is 5.32 Å². The van der Waals surface area contributed by atoms with E-state index in [4.69, 9.17) is 0 Å². The molecule has 1 saturated carbocycles. The Morgan fingerprint density at radius 1 is 1.05 bits per heavy atom. The summed E-state index contributed by atoms with van der Waals surface area (Å²) < 4.78 is 0. The van der Waals surface area contributed by atoms with E-state index in [1.807, 2.05) is 13.8 Å². The predicted molar refractivity (Wildman–Crippen MR) is 83.4 cm³/mol. The zero-order valence-electron chi connectivity index (χ0n) is 12.9. The molecule has 0 bridgehead atoms. The molecule has 0 saturated heterocycles. The highest BCUT2D eigenvalue weighted by molar-refractivity contribution is 5.97. The van der Waals surface area contributed by atoms with Crippen molar-refractivity contribution in [2.24, 2.45) is 0 Å². The van der Waals surface area contributed by atoms with Crippen molar-refractivity contribution < 1.29 is 9.59 Å². The average Bonchev–Trinajstić information content (AvgIpc) is 3.01. The van der Waals surface area contributed by atoms with E-state index in [9.17, 15) is 9.59 Å². The minimum Gasteiger partial charge on any atom is -0.349 e. The summed E-state index contributed by atoms with van der Waals surface area (Å²) in [6.07, 6.45) is 4.54. The molecule has 0 radical (unpaired) electrons. The first-order valence-electron chi connectivity index (χ1n) is 7.86. The Hall–Kier alpha value is -1.84. The van der Waals surface area contributed by atoms with Crippen molar-refractivity contribution in [3.05, 3.63) is 35.4 Å². The standard InChI is InChI=1S/C17H24N2O2/c1-3-19(4-2)17(21)14-11-9-13(10-12-14)16(20)18-15-7-5-6-8-15/h9-12,15H,3-8H2,1-2H3,(H,18,20). The molecule has 1 N–H and O–H groups in total. The Balaban J connectivity index is 2.00. The molecule has 1 fully saturated rings. The van der Waals surface area contributed by atoms with Gasteiger partial charge in [0.1, 0.15) is 0 Å². The van der Waals surface area contributed by atoms with Gasteiger partial charge in [-0.2, -0.15) is 0 Å². The van der Waals surface area contributed by atoms with Crippen LogP contribution in [0.5, 0.6) is 0 Å². The quantitative estimate of drug-likeness (QED) is 0.905. The summed E-state index contributed by atoms with van der Waals surface area (Å²) in [7, 11) is 0. The highest BCUT2D eigenvalue weighted by atomic mass is 16.2. The lowest BCUT2D eigenvalue weighted by atomic mass is 10.1. The second kappa shape index (κ2) is 7.25. The van der Waals surface area contributed by atoms with E-state index in [0.29, 0.717) is 30.3 Å². The van der Waals surface area contributed by atoms with Crippen molar-refractivity contribution in [3.8, 4) is 0 Å². The lowest BCUT2D eigenvalue weighted by Crippen LogP contribution is -2.33. The highest BCUT2D eigenvalue weighted by Crippen LogP contribution is 2.18. The molecule has 0 aliphatic heterocycles. The van der Waals surface area contributed by atoms with Crippen LogP contribution in [0.25, 0.3) is 0 Å². The van der Waals surface area contributed by atoms with Crippen molar-refractivity contribution in [3.63, 3.8) is 0 Å². The summed E-state index contributed by atoms with van der Waals surface area (Å²) in [5.41, 5.74) is 1.26. The monoisotopic (exact) mass is 288 g/mol. The summed E-state index contributed by atoms with van der Waals surface area (Å²) in [5.74, 6) is -0.0218. The Bertz CT molecular complexity index is 486. The van der Waals surface area contributed by atoms with Crippen LogP contribution in [0.15, 0.2) is 24.3 Å². The molecule has 0 unspecified atom stereocenters. The number of hydrogen-bond donors (Lipinski definition) is 1. The molecule has 0 aromatic heterocycles. The lowest BCUT2D eigenvalue weighted by molar-refractivity contribution is 0.0772. The normalized spacial score (nSPS) is 15.0. The first-order chi connectivity index (χ1) is 10.2. The number of nitrogens with zero attached hydrogens (tertiary/aromatic N) is 1. The molecule has 0 heterocycles. The summed E-state index contributed by atoms with van der Waals surface area (Å²) in [4.78, 5) is 26.1. The van der Waals surface area contributed by atoms with Crippen molar-refractivity contribution in [2.45, 2.75) is 45.6 Å². The maximum atomic E-state index is 12.2. The lowest BCUT2D eigenvalue weighted by Gasteiger charge is -2.18. The number of carbonyl (C=O) groups excluding carboxylic acids is 2. The van der Waals surface area contributed by atoms with Crippen LogP contribution in [0, 0.1) is 0 Å². The van der Waals surface area contributed by atoms with E-state index in [1.54, 1.807) is 29.2 Å². The van der Waals surface area contributed by atoms with Gasteiger partial charge in [0.15, 0.2) is 0 Å². The number of carbonyl (C=O) groups is 2. The first-order valence-corrected chi connectivity index (χ1v) is 7.86. The Morgan fingerprint density at radius 3 is 2.10 bits per heavy atom. The zero-order valence-corrected chi connectivity index (χ0v) is 12.9. The van der Waals surface area contributed by atoms with Gasteiger partial charge in [-0.15, -0.1) is 0 Å². The van der Waals surface area contributed by atoms with Crippen molar-refractivity contribution in [1.29, 1.82) is 0 Å². The number of hydrogen-bond acceptors (Lipinski definition) is 2. The minimum absolute atomic E-state index is 0.0164. The second-order valence-electron chi connectivity index (χ2n) is 5.51. The minimum atomic E-state index is -0.0382. The summed E-state index contributed by atoms with van der Waals surface area (Å²) in [6, 6.07) is 7.27. The predicted octanol–water partition coefficient (Wildman–Crippen LogP) is 2.84. The Morgan fingerprint density at radius 2 is 1.57 bits per heavy atom. The van der Waals surface area contributed by atoms with Gasteiger partial charge in [-0.1, -0.05) is 12.8 Å². The third-order valence-electron chi connectivity index (χ3n) is 4.14. The van der Waals surface area contributed by atoms with Gasteiger partial charge >= 0.3 is 0 Å². The summed E-state index contributed by atoms with van der Waals surface area (Å²) in [5, 5.41) is 3.05. The van der Waals surface area contributed by atoms with Crippen LogP contribution in [-0.2, 0) is 0 Å². The molecule has 0 atom stereocenters. The highest BCUT2D eigenvalue weighted by Gasteiger charge is 2.18. The van der Waals surface area contributed by atoms with Crippen molar-refractivity contribution in [1.82, 2.24) is 10.2 Å². The second-order valence-corrected chi connectivity index (χ2v) is 5.51. The van der Waals surface area contributed by atoms with E-state index in [1.165, 1.54) is 12.8 Å². The van der Waals surface area contributed by atoms with Crippen LogP contribution in [0.1, 0.15) is 60.2 Å². The molecule has 1 aliphatic rings. The number of amides is 2. The molecule has 1 aromatic carbocycles. The van der Waals surface area contributed by atoms with Gasteiger partial charge in [-0.25, -0.2) is 0 Å². The van der Waals surface area contributed by atoms with E-state index < -0.39 is 0 Å². The van der Waals surface area contributed by atoms with E-state index in [0.717, 1.165) is 12.8 Å². The van der Waals surface area contributed by atoms with Crippen molar-refractivity contribution in [2.75, 3.05) is 13.1 Å². The maximum absolute atomic E-state index is 12.2. The van der Waals surface area contributed by atoms with Gasteiger partial charge in [0, 0.05) is 30.3 Å². The SMILES string of the molecule is CCN(CC)C(=O)c1ccc(C(=O)NC2CCCC2)cc1. The Labute approximate surface area is 126 Å². The average molecular weight is 288 g/mol. The number of rotatable bonds is 5. The molecule has 114 valence electrons. The third-order valence-corrected chi connectivity index (χ3v) is 4.14. The molecule has 21 heavy (non-hydrogen) atoms. The molecular weight excluding hydrogens is 264 g/mol. The third kappa shape index (κ3) is 3.84. The summed E-state index contributed by atoms with van der Waals surface area (Å²) >= 11 is 0. The van der Waals surface area contributed by atoms with Crippen molar-refractivity contribution >= 4 is 11.8 Å². The topological polar surface area (TPSA) is 49.4 Å². The largest absolute Gasteiger partial charge is 0.349 e. The molecule has 2 rings (SSSR count). The fourth-order valence-corrected chi connectivity index (χ4v) is 2.80. The first kappa shape index (κ1) is 15.5. The van der Waals surface area contributed by atoms with Crippen LogP contribution in [0.2, 0.25) is 0 Å². The number of nitrogens with one attached hydrogen (secondary N) is 1. The molecule has 1 aromatic rings. The van der Waals surface area contributed by atoms with Gasteiger partial charge in [0.25, 0.3) is 11.8 Å². The molecule has 1 aliphatic carbocycles. The molecule has 2 amide bonds. The van der Waals surface area contributed by atoms with Gasteiger partial charge in [0.2, 0.25) is 0 Å². The van der Waals surface area contributed by atoms with Gasteiger partial charge in [-0.05, 0) is 51.0 Å². The van der Waals surface area contributed by atoms with Gasteiger partial charge < -0.3 is 10.2 Å². The molecule has 4 nitrogen and oxygen atoms in total. The fraction of sp³-hybridized carbons (Fsp3) is 0.529. The fourth-order valence-electron chi connectivity index (χ4n) is 2.80. The van der Waals surface area contributed by atoms with E-state index >= 15 is 0 Å². The van der Waals surface area contributed by atoms with E-state index in [2.05, 4.69) is 5.32 Å². The van der Waals surface area contributed by atoms with Gasteiger partial charge in [0.05, 0.1) is 0 Å². The summed E-state index contributed by atoms with van der Waals surface area (Å²) in [6.45, 7) is 5.31. The molecular formula is C17H24N2O2. The van der Waals surface area contributed by atoms with Gasteiger partial charge in [-0.3, -0.25) is 9.59 Å². The molecule has 4 heteroatoms. The molecule has 0 spiro atoms. The Kier molecular flexibility index (Phi) is 5.37. The van der Waals surface area contributed by atoms with Crippen LogP contribution in [0.4, 0.5) is 0 Å². The maximum Gasteiger partial charge on any atom is 0.253 e. The number of benzene rings is 1.